The van der Waals surface area contributed by atoms with Crippen LogP contribution in [0, 0.1) is 11.8 Å². The van der Waals surface area contributed by atoms with Crippen molar-refractivity contribution in [1.82, 2.24) is 4.90 Å². The topological polar surface area (TPSA) is 46.6 Å². The zero-order chi connectivity index (χ0) is 13.0. The van der Waals surface area contributed by atoms with Gasteiger partial charge in [0.05, 0.1) is 13.0 Å². The quantitative estimate of drug-likeness (QED) is 0.717. The first-order chi connectivity index (χ1) is 8.69. The average Bonchev–Trinajstić information content (AvgIpc) is 2.41. The molecule has 0 aromatic rings. The van der Waals surface area contributed by atoms with Gasteiger partial charge in [-0.15, -0.1) is 0 Å². The maximum Gasteiger partial charge on any atom is 0.308 e. The minimum atomic E-state index is -0.0575. The summed E-state index contributed by atoms with van der Waals surface area (Å²) in [4.78, 5) is 25.1. The molecule has 1 saturated heterocycles. The minimum absolute atomic E-state index is 0.0575. The van der Waals surface area contributed by atoms with Crippen LogP contribution in [-0.2, 0) is 14.3 Å². The standard InChI is InChI=1S/C14H23NO3/c1-18-14(17)12-6-8-15(9-7-12)10-11-2-4-13(16)5-3-11/h11-12H,2-10H2,1H3. The molecule has 1 heterocycles. The van der Waals surface area contributed by atoms with Crippen molar-refractivity contribution in [3.8, 4) is 0 Å². The smallest absolute Gasteiger partial charge is 0.308 e. The first kappa shape index (κ1) is 13.5. The number of esters is 1. The number of Topliss-reactive ketones (excluding diaryl/α,β-unsaturated/α-hetero) is 1. The molecule has 0 aromatic carbocycles. The third-order valence-corrected chi connectivity index (χ3v) is 4.30. The summed E-state index contributed by atoms with van der Waals surface area (Å²) in [6.07, 6.45) is 5.47. The second-order valence-electron chi connectivity index (χ2n) is 5.58. The monoisotopic (exact) mass is 253 g/mol. The number of likely N-dealkylation sites (tertiary alicyclic amines) is 1. The molecule has 0 unspecified atom stereocenters. The molecular formula is C14H23NO3. The Bertz CT molecular complexity index is 298. The number of nitrogens with zero attached hydrogens (tertiary/aromatic N) is 1. The van der Waals surface area contributed by atoms with Crippen LogP contribution in [-0.4, -0.2) is 43.4 Å². The van der Waals surface area contributed by atoms with Gasteiger partial charge in [-0.2, -0.15) is 0 Å². The molecule has 0 spiro atoms. The van der Waals surface area contributed by atoms with E-state index in [-0.39, 0.29) is 11.9 Å². The van der Waals surface area contributed by atoms with Crippen molar-refractivity contribution >= 4 is 11.8 Å². The van der Waals surface area contributed by atoms with Crippen molar-refractivity contribution in [3.05, 3.63) is 0 Å². The fraction of sp³-hybridized carbons (Fsp3) is 0.857. The Kier molecular flexibility index (Phi) is 4.75. The molecule has 4 nitrogen and oxygen atoms in total. The van der Waals surface area contributed by atoms with Crippen LogP contribution in [0.25, 0.3) is 0 Å². The van der Waals surface area contributed by atoms with Crippen molar-refractivity contribution < 1.29 is 14.3 Å². The first-order valence-corrected chi connectivity index (χ1v) is 7.01. The van der Waals surface area contributed by atoms with Gasteiger partial charge in [0.15, 0.2) is 0 Å². The molecule has 0 aromatic heterocycles. The number of hydrogen-bond acceptors (Lipinski definition) is 4. The van der Waals surface area contributed by atoms with Crippen LogP contribution in [0.1, 0.15) is 38.5 Å². The molecule has 18 heavy (non-hydrogen) atoms. The molecule has 0 bridgehead atoms. The summed E-state index contributed by atoms with van der Waals surface area (Å²) in [6.45, 7) is 3.08. The van der Waals surface area contributed by atoms with Gasteiger partial charge in [0.1, 0.15) is 5.78 Å². The number of ketones is 1. The number of hydrogen-bond donors (Lipinski definition) is 0. The third kappa shape index (κ3) is 3.55. The molecule has 102 valence electrons. The number of piperidine rings is 1. The van der Waals surface area contributed by atoms with Gasteiger partial charge in [0.25, 0.3) is 0 Å². The Morgan fingerprint density at radius 3 is 2.39 bits per heavy atom. The predicted octanol–water partition coefficient (Wildman–Crippen LogP) is 1.63. The van der Waals surface area contributed by atoms with Crippen LogP contribution in [0.4, 0.5) is 0 Å². The van der Waals surface area contributed by atoms with E-state index in [4.69, 9.17) is 4.74 Å². The van der Waals surface area contributed by atoms with Crippen molar-refractivity contribution in [1.29, 1.82) is 0 Å². The van der Waals surface area contributed by atoms with E-state index in [0.717, 1.165) is 58.2 Å². The summed E-state index contributed by atoms with van der Waals surface area (Å²) in [5.74, 6) is 1.14. The molecule has 2 aliphatic rings. The highest BCUT2D eigenvalue weighted by Crippen LogP contribution is 2.25. The average molecular weight is 253 g/mol. The summed E-state index contributed by atoms with van der Waals surface area (Å²) in [5, 5.41) is 0. The summed E-state index contributed by atoms with van der Waals surface area (Å²) in [6, 6.07) is 0. The molecule has 0 N–H and O–H groups in total. The summed E-state index contributed by atoms with van der Waals surface area (Å²) >= 11 is 0. The van der Waals surface area contributed by atoms with Crippen LogP contribution in [0.3, 0.4) is 0 Å². The Morgan fingerprint density at radius 2 is 1.83 bits per heavy atom. The van der Waals surface area contributed by atoms with Gasteiger partial charge in [0.2, 0.25) is 0 Å². The normalized spacial score (nSPS) is 24.2. The predicted molar refractivity (Wildman–Crippen MR) is 68.1 cm³/mol. The maximum absolute atomic E-state index is 11.4. The summed E-state index contributed by atoms with van der Waals surface area (Å²) in [5.41, 5.74) is 0. The number of carbonyl (C=O) groups is 2. The number of ether oxygens (including phenoxy) is 1. The van der Waals surface area contributed by atoms with Crippen molar-refractivity contribution in [2.24, 2.45) is 11.8 Å². The summed E-state index contributed by atoms with van der Waals surface area (Å²) < 4.78 is 4.79. The van der Waals surface area contributed by atoms with Crippen LogP contribution in [0.5, 0.6) is 0 Å². The lowest BCUT2D eigenvalue weighted by Crippen LogP contribution is -2.40. The van der Waals surface area contributed by atoms with Crippen LogP contribution in [0.2, 0.25) is 0 Å². The van der Waals surface area contributed by atoms with E-state index in [1.165, 1.54) is 7.11 Å². The third-order valence-electron chi connectivity index (χ3n) is 4.30. The molecule has 1 aliphatic carbocycles. The lowest BCUT2D eigenvalue weighted by atomic mass is 9.87. The van der Waals surface area contributed by atoms with Crippen LogP contribution < -0.4 is 0 Å². The van der Waals surface area contributed by atoms with Gasteiger partial charge in [0, 0.05) is 19.4 Å². The van der Waals surface area contributed by atoms with E-state index in [9.17, 15) is 9.59 Å². The molecular weight excluding hydrogens is 230 g/mol. The van der Waals surface area contributed by atoms with Gasteiger partial charge >= 0.3 is 5.97 Å². The number of methoxy groups -OCH3 is 1. The van der Waals surface area contributed by atoms with E-state index < -0.39 is 0 Å². The molecule has 4 heteroatoms. The van der Waals surface area contributed by atoms with Crippen molar-refractivity contribution in [2.45, 2.75) is 38.5 Å². The fourth-order valence-electron chi connectivity index (χ4n) is 3.07. The lowest BCUT2D eigenvalue weighted by Gasteiger charge is -2.34. The number of rotatable bonds is 3. The highest BCUT2D eigenvalue weighted by atomic mass is 16.5. The SMILES string of the molecule is COC(=O)C1CCN(CC2CCC(=O)CC2)CC1. The van der Waals surface area contributed by atoms with E-state index in [0.29, 0.717) is 11.7 Å². The van der Waals surface area contributed by atoms with Gasteiger partial charge in [-0.1, -0.05) is 0 Å². The molecule has 0 atom stereocenters. The molecule has 1 aliphatic heterocycles. The fourth-order valence-corrected chi connectivity index (χ4v) is 3.07. The Labute approximate surface area is 109 Å². The highest BCUT2D eigenvalue weighted by molar-refractivity contribution is 5.79. The highest BCUT2D eigenvalue weighted by Gasteiger charge is 2.27. The Hall–Kier alpha value is -0.900. The van der Waals surface area contributed by atoms with E-state index in [1.807, 2.05) is 0 Å². The van der Waals surface area contributed by atoms with Gasteiger partial charge in [-0.3, -0.25) is 9.59 Å². The van der Waals surface area contributed by atoms with E-state index in [1.54, 1.807) is 0 Å². The second-order valence-corrected chi connectivity index (χ2v) is 5.58. The Morgan fingerprint density at radius 1 is 1.22 bits per heavy atom. The first-order valence-electron chi connectivity index (χ1n) is 7.01. The molecule has 0 radical (unpaired) electrons. The zero-order valence-electron chi connectivity index (χ0n) is 11.2. The second kappa shape index (κ2) is 6.32. The largest absolute Gasteiger partial charge is 0.469 e. The maximum atomic E-state index is 11.4. The molecule has 2 rings (SSSR count). The van der Waals surface area contributed by atoms with Gasteiger partial charge < -0.3 is 9.64 Å². The molecule has 2 fully saturated rings. The van der Waals surface area contributed by atoms with Gasteiger partial charge in [-0.05, 0) is 44.7 Å². The zero-order valence-corrected chi connectivity index (χ0v) is 11.2. The molecule has 1 saturated carbocycles. The molecule has 0 amide bonds. The van der Waals surface area contributed by atoms with Crippen molar-refractivity contribution in [3.63, 3.8) is 0 Å². The van der Waals surface area contributed by atoms with Gasteiger partial charge in [-0.25, -0.2) is 0 Å². The van der Waals surface area contributed by atoms with Crippen LogP contribution >= 0.6 is 0 Å². The Balaban J connectivity index is 1.70. The van der Waals surface area contributed by atoms with E-state index >= 15 is 0 Å². The van der Waals surface area contributed by atoms with E-state index in [2.05, 4.69) is 4.90 Å². The minimum Gasteiger partial charge on any atom is -0.469 e. The summed E-state index contributed by atoms with van der Waals surface area (Å²) in [7, 11) is 1.47. The number of carbonyl (C=O) groups excluding carboxylic acids is 2. The lowest BCUT2D eigenvalue weighted by molar-refractivity contribution is -0.147. The van der Waals surface area contributed by atoms with Crippen LogP contribution in [0.15, 0.2) is 0 Å². The van der Waals surface area contributed by atoms with Crippen molar-refractivity contribution in [2.75, 3.05) is 26.7 Å².